The molecule has 0 bridgehead atoms. The molecule has 54 valence electrons. The van der Waals surface area contributed by atoms with Crippen molar-refractivity contribution in [3.8, 4) is 0 Å². The lowest BCUT2D eigenvalue weighted by molar-refractivity contribution is 0.885. The summed E-state index contributed by atoms with van der Waals surface area (Å²) in [5, 5.41) is 3.19. The number of thioether (sulfide) groups is 1. The molecule has 1 rings (SSSR count). The van der Waals surface area contributed by atoms with E-state index in [-0.39, 0.29) is 5.11 Å². The van der Waals surface area contributed by atoms with Crippen LogP contribution >= 0.6 is 24.0 Å². The standard InChI is InChI=1S/C3H7NS.CH4N2S/c1-2-5-3-4-1;2-1(3)4/h4H,1-3H2;(H4,2,3,4). The Bertz CT molecular complexity index is 70.3. The first-order valence-corrected chi connectivity index (χ1v) is 4.13. The van der Waals surface area contributed by atoms with Gasteiger partial charge in [-0.1, -0.05) is 0 Å². The SMILES string of the molecule is C1CSCN1.NC(N)=S. The minimum Gasteiger partial charge on any atom is -0.377 e. The molecule has 0 aliphatic carbocycles. The molecular formula is C4H11N3S2. The Kier molecular flexibility index (Phi) is 6.12. The predicted octanol–water partition coefficient (Wildman–Crippen LogP) is -0.531. The van der Waals surface area contributed by atoms with Gasteiger partial charge in [-0.2, -0.15) is 0 Å². The zero-order chi connectivity index (χ0) is 7.11. The van der Waals surface area contributed by atoms with Crippen molar-refractivity contribution in [2.75, 3.05) is 18.2 Å². The summed E-state index contributed by atoms with van der Waals surface area (Å²) in [5.74, 6) is 2.47. The third kappa shape index (κ3) is 11.5. The van der Waals surface area contributed by atoms with E-state index in [0.717, 1.165) is 0 Å². The second kappa shape index (κ2) is 6.12. The van der Waals surface area contributed by atoms with Crippen molar-refractivity contribution < 1.29 is 0 Å². The van der Waals surface area contributed by atoms with E-state index in [2.05, 4.69) is 29.0 Å². The molecule has 1 saturated heterocycles. The quantitative estimate of drug-likeness (QED) is 0.421. The molecule has 0 atom stereocenters. The zero-order valence-electron chi connectivity index (χ0n) is 5.09. The molecule has 3 nitrogen and oxygen atoms in total. The summed E-state index contributed by atoms with van der Waals surface area (Å²) in [6.45, 7) is 1.21. The molecule has 0 unspecified atom stereocenters. The molecule has 5 heteroatoms. The monoisotopic (exact) mass is 165 g/mol. The van der Waals surface area contributed by atoms with Crippen molar-refractivity contribution in [3.63, 3.8) is 0 Å². The first-order valence-electron chi connectivity index (χ1n) is 2.57. The van der Waals surface area contributed by atoms with Crippen LogP contribution in [-0.4, -0.2) is 23.3 Å². The van der Waals surface area contributed by atoms with Crippen molar-refractivity contribution in [1.82, 2.24) is 5.32 Å². The van der Waals surface area contributed by atoms with Gasteiger partial charge in [-0.15, -0.1) is 11.8 Å². The van der Waals surface area contributed by atoms with Crippen LogP contribution in [0.2, 0.25) is 0 Å². The highest BCUT2D eigenvalue weighted by Crippen LogP contribution is 1.99. The fourth-order valence-corrected chi connectivity index (χ4v) is 1.08. The second-order valence-corrected chi connectivity index (χ2v) is 3.03. The van der Waals surface area contributed by atoms with Gasteiger partial charge in [-0.05, 0) is 12.2 Å². The van der Waals surface area contributed by atoms with Crippen LogP contribution in [0.5, 0.6) is 0 Å². The van der Waals surface area contributed by atoms with Crippen LogP contribution in [0.3, 0.4) is 0 Å². The van der Waals surface area contributed by atoms with Gasteiger partial charge in [0.05, 0.1) is 0 Å². The van der Waals surface area contributed by atoms with Gasteiger partial charge in [-0.25, -0.2) is 0 Å². The van der Waals surface area contributed by atoms with Crippen molar-refractivity contribution in [2.24, 2.45) is 11.5 Å². The topological polar surface area (TPSA) is 64.1 Å². The molecule has 0 aromatic heterocycles. The fraction of sp³-hybridized carbons (Fsp3) is 0.750. The smallest absolute Gasteiger partial charge is 0.160 e. The van der Waals surface area contributed by atoms with Gasteiger partial charge >= 0.3 is 0 Å². The summed E-state index contributed by atoms with van der Waals surface area (Å²) >= 11 is 6.06. The molecule has 0 aromatic carbocycles. The molecule has 0 amide bonds. The lowest BCUT2D eigenvalue weighted by atomic mass is 10.8. The number of hydrogen-bond acceptors (Lipinski definition) is 3. The van der Waals surface area contributed by atoms with E-state index in [0.29, 0.717) is 0 Å². The zero-order valence-corrected chi connectivity index (χ0v) is 6.73. The second-order valence-electron chi connectivity index (χ2n) is 1.45. The van der Waals surface area contributed by atoms with Crippen molar-refractivity contribution >= 4 is 29.1 Å². The predicted molar refractivity (Wildman–Crippen MR) is 46.3 cm³/mol. The summed E-state index contributed by atoms with van der Waals surface area (Å²) in [7, 11) is 0. The Labute approximate surface area is 64.5 Å². The summed E-state index contributed by atoms with van der Waals surface area (Å²) in [5.41, 5.74) is 9.24. The number of nitrogens with one attached hydrogen (secondary N) is 1. The van der Waals surface area contributed by atoms with Gasteiger partial charge in [0.2, 0.25) is 0 Å². The van der Waals surface area contributed by atoms with Crippen molar-refractivity contribution in [3.05, 3.63) is 0 Å². The van der Waals surface area contributed by atoms with Crippen LogP contribution < -0.4 is 16.8 Å². The van der Waals surface area contributed by atoms with Gasteiger partial charge in [0.25, 0.3) is 0 Å². The Hall–Kier alpha value is -0.0000000000000000278. The minimum absolute atomic E-state index is 0.000000000000000222. The van der Waals surface area contributed by atoms with Gasteiger partial charge < -0.3 is 16.8 Å². The van der Waals surface area contributed by atoms with E-state index in [1.165, 1.54) is 18.2 Å². The van der Waals surface area contributed by atoms with E-state index >= 15 is 0 Å². The Morgan fingerprint density at radius 1 is 1.56 bits per heavy atom. The number of nitrogens with two attached hydrogens (primary N) is 2. The highest BCUT2D eigenvalue weighted by Gasteiger charge is 1.93. The van der Waals surface area contributed by atoms with Gasteiger partial charge in [0, 0.05) is 18.2 Å². The molecule has 1 aliphatic rings. The third-order valence-electron chi connectivity index (χ3n) is 0.627. The van der Waals surface area contributed by atoms with Crippen molar-refractivity contribution in [1.29, 1.82) is 0 Å². The molecule has 0 saturated carbocycles. The van der Waals surface area contributed by atoms with E-state index in [1.54, 1.807) is 0 Å². The Morgan fingerprint density at radius 3 is 2.22 bits per heavy atom. The van der Waals surface area contributed by atoms with Crippen LogP contribution in [-0.2, 0) is 0 Å². The maximum atomic E-state index is 4.62. The molecule has 0 radical (unpaired) electrons. The largest absolute Gasteiger partial charge is 0.377 e. The van der Waals surface area contributed by atoms with Gasteiger partial charge in [0.1, 0.15) is 0 Å². The number of hydrogen-bond donors (Lipinski definition) is 3. The first kappa shape index (κ1) is 9.00. The molecule has 0 aromatic rings. The third-order valence-corrected chi connectivity index (χ3v) is 1.53. The van der Waals surface area contributed by atoms with Gasteiger partial charge in [0.15, 0.2) is 5.11 Å². The van der Waals surface area contributed by atoms with Crippen molar-refractivity contribution in [2.45, 2.75) is 0 Å². The average Bonchev–Trinajstić information content (AvgIpc) is 2.11. The lowest BCUT2D eigenvalue weighted by Gasteiger charge is -1.74. The Morgan fingerprint density at radius 2 is 2.11 bits per heavy atom. The minimum atomic E-state index is 0.000000000000000222. The molecular weight excluding hydrogens is 154 g/mol. The molecule has 1 aliphatic heterocycles. The molecule has 1 heterocycles. The molecule has 5 N–H and O–H groups in total. The summed E-state index contributed by atoms with van der Waals surface area (Å²) < 4.78 is 0. The molecule has 1 fully saturated rings. The summed E-state index contributed by atoms with van der Waals surface area (Å²) in [4.78, 5) is 0. The molecule has 9 heavy (non-hydrogen) atoms. The highest BCUT2D eigenvalue weighted by atomic mass is 32.2. The van der Waals surface area contributed by atoms with Gasteiger partial charge in [-0.3, -0.25) is 0 Å². The van der Waals surface area contributed by atoms with Crippen LogP contribution in [0.1, 0.15) is 0 Å². The maximum Gasteiger partial charge on any atom is 0.160 e. The average molecular weight is 165 g/mol. The normalized spacial score (nSPS) is 16.0. The van der Waals surface area contributed by atoms with E-state index in [4.69, 9.17) is 0 Å². The van der Waals surface area contributed by atoms with E-state index in [1.807, 2.05) is 11.8 Å². The van der Waals surface area contributed by atoms with E-state index < -0.39 is 0 Å². The fourth-order valence-electron chi connectivity index (χ4n) is 0.361. The number of thiocarbonyl (C=S) groups is 1. The highest BCUT2D eigenvalue weighted by molar-refractivity contribution is 7.99. The van der Waals surface area contributed by atoms with Crippen LogP contribution in [0.4, 0.5) is 0 Å². The Balaban J connectivity index is 0.000000148. The lowest BCUT2D eigenvalue weighted by Crippen LogP contribution is -2.18. The van der Waals surface area contributed by atoms with Crippen LogP contribution in [0.25, 0.3) is 0 Å². The summed E-state index contributed by atoms with van der Waals surface area (Å²) in [6, 6.07) is 0. The van der Waals surface area contributed by atoms with Crippen LogP contribution in [0, 0.1) is 0 Å². The first-order chi connectivity index (χ1) is 4.23. The van der Waals surface area contributed by atoms with E-state index in [9.17, 15) is 0 Å². The number of rotatable bonds is 0. The maximum absolute atomic E-state index is 4.62. The summed E-state index contributed by atoms with van der Waals surface area (Å²) in [6.07, 6.45) is 0. The molecule has 0 spiro atoms. The van der Waals surface area contributed by atoms with Crippen LogP contribution in [0.15, 0.2) is 0 Å².